The zero-order valence-electron chi connectivity index (χ0n) is 44.0. The summed E-state index contributed by atoms with van der Waals surface area (Å²) in [6, 6.07) is 50.2. The van der Waals surface area contributed by atoms with Crippen LogP contribution in [0.15, 0.2) is 205 Å². The minimum Gasteiger partial charge on any atom is -0.464 e. The molecule has 9 aromatic heterocycles. The minimum absolute atomic E-state index is 0.0463. The number of thiophene rings is 2. The van der Waals surface area contributed by atoms with E-state index in [2.05, 4.69) is 75.5 Å². The van der Waals surface area contributed by atoms with Crippen molar-refractivity contribution in [3.63, 3.8) is 0 Å². The maximum absolute atomic E-state index is 13.6. The highest BCUT2D eigenvalue weighted by Crippen LogP contribution is 2.46. The van der Waals surface area contributed by atoms with Crippen molar-refractivity contribution < 1.29 is 48.7 Å². The number of alkyl halides is 6. The van der Waals surface area contributed by atoms with Gasteiger partial charge in [-0.1, -0.05) is 113 Å². The number of hydrogen-bond donors (Lipinski definition) is 2. The second kappa shape index (κ2) is 22.0. The highest BCUT2D eigenvalue weighted by molar-refractivity contribution is 7.16. The first-order chi connectivity index (χ1) is 41.2. The molecule has 0 spiro atoms. The molecule has 0 radical (unpaired) electrons. The molecule has 0 fully saturated rings. The number of para-hydroxylation sites is 1. The van der Waals surface area contributed by atoms with Crippen LogP contribution < -0.4 is 0 Å². The van der Waals surface area contributed by atoms with Crippen molar-refractivity contribution in [3.8, 4) is 101 Å². The number of furan rings is 2. The Morgan fingerprint density at radius 3 is 1.78 bits per heavy atom. The average Bonchev–Trinajstić information content (AvgIpc) is 3.84. The molecule has 9 heterocycles. The van der Waals surface area contributed by atoms with Gasteiger partial charge in [-0.25, -0.2) is 9.97 Å². The molecule has 15 nitrogen and oxygen atoms in total. The molecule has 85 heavy (non-hydrogen) atoms. The Kier molecular flexibility index (Phi) is 13.9. The Morgan fingerprint density at radius 1 is 0.482 bits per heavy atom. The lowest BCUT2D eigenvalue weighted by Gasteiger charge is -2.07. The number of H-pyrrole nitrogens is 2. The van der Waals surface area contributed by atoms with Crippen LogP contribution >= 0.6 is 22.7 Å². The third-order valence-corrected chi connectivity index (χ3v) is 15.5. The zero-order valence-corrected chi connectivity index (χ0v) is 45.7. The lowest BCUT2D eigenvalue weighted by Crippen LogP contribution is -2.04. The number of benzene rings is 6. The van der Waals surface area contributed by atoms with E-state index in [0.717, 1.165) is 49.3 Å². The molecule has 6 aromatic carbocycles. The van der Waals surface area contributed by atoms with E-state index in [1.165, 1.54) is 28.1 Å². The van der Waals surface area contributed by atoms with Gasteiger partial charge in [0.15, 0.2) is 5.76 Å². The maximum Gasteiger partial charge on any atom is 0.450 e. The van der Waals surface area contributed by atoms with Crippen LogP contribution in [0, 0.1) is 13.8 Å². The SMILES string of the molecule is Cc1nc2ccc(-c3noc(-c4cc(-c5ccccc5)c(C(F)(F)F)o4)n3)cc2[nH]1.Cc1sc(-c2nc(-c3cccc4[nH]cnc34)no2)cc1-c1ccccc1.FC(F)(F)c1sc(-c2nc(-c3ccc4occc4c3)no2)cc1-c1ccccc1. The second-order valence-electron chi connectivity index (χ2n) is 19.0. The molecular formula is C62H38F6N10O5S2. The molecule has 0 saturated heterocycles. The number of imidazole rings is 2. The second-order valence-corrected chi connectivity index (χ2v) is 21.3. The Hall–Kier alpha value is -10.5. The lowest BCUT2D eigenvalue weighted by atomic mass is 10.1. The predicted octanol–water partition coefficient (Wildman–Crippen LogP) is 18.1. The van der Waals surface area contributed by atoms with E-state index < -0.39 is 23.0 Å². The van der Waals surface area contributed by atoms with Crippen LogP contribution in [0.25, 0.3) is 134 Å². The van der Waals surface area contributed by atoms with Crippen molar-refractivity contribution >= 4 is 55.7 Å². The van der Waals surface area contributed by atoms with E-state index >= 15 is 0 Å². The van der Waals surface area contributed by atoms with Crippen LogP contribution in [0.5, 0.6) is 0 Å². The van der Waals surface area contributed by atoms with Crippen molar-refractivity contribution in [2.45, 2.75) is 26.2 Å². The number of halogens is 6. The van der Waals surface area contributed by atoms with E-state index in [1.54, 1.807) is 121 Å². The summed E-state index contributed by atoms with van der Waals surface area (Å²) in [7, 11) is 0. The van der Waals surface area contributed by atoms with E-state index in [9.17, 15) is 26.3 Å². The van der Waals surface area contributed by atoms with E-state index in [0.29, 0.717) is 51.1 Å². The summed E-state index contributed by atoms with van der Waals surface area (Å²) < 4.78 is 108. The fourth-order valence-electron chi connectivity index (χ4n) is 9.41. The first kappa shape index (κ1) is 53.8. The van der Waals surface area contributed by atoms with Gasteiger partial charge in [-0.2, -0.15) is 41.3 Å². The zero-order chi connectivity index (χ0) is 58.4. The van der Waals surface area contributed by atoms with Gasteiger partial charge in [-0.05, 0) is 109 Å². The fourth-order valence-corrected chi connectivity index (χ4v) is 11.3. The summed E-state index contributed by atoms with van der Waals surface area (Å²) >= 11 is 2.25. The normalized spacial score (nSPS) is 11.8. The largest absolute Gasteiger partial charge is 0.464 e. The number of hydrogen-bond acceptors (Lipinski definition) is 15. The van der Waals surface area contributed by atoms with Gasteiger partial charge >= 0.3 is 12.4 Å². The number of aromatic nitrogens is 10. The standard InChI is InChI=1S/C21H13F3N4O2.C21H11F3N2O2S.C20H14N4OS/c1-11-25-15-8-7-13(9-16(15)26-11)19-27-20(30-28-19)17-10-14(12-5-3-2-4-6-12)18(29-17)21(22,23)24;22-21(23,24)18-15(12-4-2-1-3-5-12)11-17(29-18)20-25-19(26-28-20)14-6-7-16-13(10-14)8-9-27-16;1-12-15(13-6-3-2-4-7-13)10-17(26-12)20-23-19(24-25-20)14-8-5-9-16-18(14)22-11-21-16/h2-10H,1H3,(H,25,26);1-11H;2-11H,1H3,(H,21,22). The highest BCUT2D eigenvalue weighted by atomic mass is 32.1. The first-order valence-electron chi connectivity index (χ1n) is 25.7. The molecule has 0 aliphatic rings. The molecule has 0 atom stereocenters. The summed E-state index contributed by atoms with van der Waals surface area (Å²) in [5.74, 6) is 1.00. The summed E-state index contributed by atoms with van der Waals surface area (Å²) in [4.78, 5) is 29.8. The van der Waals surface area contributed by atoms with Crippen LogP contribution in [-0.4, -0.2) is 50.4 Å². The van der Waals surface area contributed by atoms with Gasteiger partial charge in [0.2, 0.25) is 23.2 Å². The first-order valence-corrected chi connectivity index (χ1v) is 27.4. The molecule has 0 aliphatic carbocycles. The summed E-state index contributed by atoms with van der Waals surface area (Å²) in [5, 5.41) is 12.9. The number of aryl methyl sites for hydroxylation is 2. The van der Waals surface area contributed by atoms with Gasteiger partial charge < -0.3 is 32.4 Å². The molecule has 0 aliphatic heterocycles. The van der Waals surface area contributed by atoms with Gasteiger partial charge in [0.1, 0.15) is 16.3 Å². The molecule has 0 amide bonds. The molecular weight excluding hydrogens is 1140 g/mol. The van der Waals surface area contributed by atoms with Gasteiger partial charge in [0.05, 0.1) is 50.0 Å². The topological polar surface area (TPSA) is 200 Å². The lowest BCUT2D eigenvalue weighted by molar-refractivity contribution is -0.152. The smallest absolute Gasteiger partial charge is 0.450 e. The van der Waals surface area contributed by atoms with Crippen LogP contribution in [-0.2, 0) is 12.4 Å². The summed E-state index contributed by atoms with van der Waals surface area (Å²) in [5.41, 5.74) is 9.50. The van der Waals surface area contributed by atoms with Crippen molar-refractivity contribution in [2.75, 3.05) is 0 Å². The van der Waals surface area contributed by atoms with Crippen molar-refractivity contribution in [1.29, 1.82) is 0 Å². The van der Waals surface area contributed by atoms with E-state index in [4.69, 9.17) is 22.4 Å². The predicted molar refractivity (Wildman–Crippen MR) is 308 cm³/mol. The van der Waals surface area contributed by atoms with Crippen LogP contribution in [0.2, 0.25) is 0 Å². The molecule has 0 unspecified atom stereocenters. The van der Waals surface area contributed by atoms with Gasteiger partial charge in [0, 0.05) is 32.5 Å². The molecule has 15 aromatic rings. The van der Waals surface area contributed by atoms with E-state index in [1.807, 2.05) is 49.4 Å². The molecule has 15 rings (SSSR count). The van der Waals surface area contributed by atoms with Crippen molar-refractivity contribution in [3.05, 3.63) is 204 Å². The minimum atomic E-state index is -4.67. The number of aromatic amines is 2. The summed E-state index contributed by atoms with van der Waals surface area (Å²) in [6.07, 6.45) is -5.91. The third kappa shape index (κ3) is 11.0. The van der Waals surface area contributed by atoms with Crippen molar-refractivity contribution in [1.82, 2.24) is 50.4 Å². The average molecular weight is 1180 g/mol. The Bertz CT molecular complexity index is 4820. The van der Waals surface area contributed by atoms with Crippen molar-refractivity contribution in [2.24, 2.45) is 0 Å². The maximum atomic E-state index is 13.6. The third-order valence-electron chi connectivity index (χ3n) is 13.3. The monoisotopic (exact) mass is 1180 g/mol. The molecule has 2 N–H and O–H groups in total. The van der Waals surface area contributed by atoms with Gasteiger partial charge in [-0.15, -0.1) is 22.7 Å². The Balaban J connectivity index is 0.000000119. The van der Waals surface area contributed by atoms with Crippen LogP contribution in [0.4, 0.5) is 26.3 Å². The highest BCUT2D eigenvalue weighted by Gasteiger charge is 2.40. The molecule has 0 bridgehead atoms. The van der Waals surface area contributed by atoms with Gasteiger partial charge in [-0.3, -0.25) is 0 Å². The summed E-state index contributed by atoms with van der Waals surface area (Å²) in [6.45, 7) is 3.95. The number of rotatable bonds is 9. The molecule has 23 heteroatoms. The van der Waals surface area contributed by atoms with Gasteiger partial charge in [0.25, 0.3) is 17.7 Å². The van der Waals surface area contributed by atoms with Crippen LogP contribution in [0.1, 0.15) is 21.3 Å². The molecule has 420 valence electrons. The van der Waals surface area contributed by atoms with E-state index in [-0.39, 0.29) is 39.4 Å². The quantitative estimate of drug-likeness (QED) is 0.129. The fraction of sp³-hybridized carbons (Fsp3) is 0.0645. The van der Waals surface area contributed by atoms with Crippen LogP contribution in [0.3, 0.4) is 0 Å². The number of fused-ring (bicyclic) bond motifs is 3. The molecule has 0 saturated carbocycles. The Morgan fingerprint density at radius 2 is 1.08 bits per heavy atom. The number of nitrogens with zero attached hydrogens (tertiary/aromatic N) is 8. The number of nitrogens with one attached hydrogen (secondary N) is 2. The Labute approximate surface area is 483 Å².